The fraction of sp³-hybridized carbons (Fsp3) is 0.500. The number of aromatic nitrogens is 1. The molecule has 1 fully saturated rings. The van der Waals surface area contributed by atoms with Gasteiger partial charge in [0.1, 0.15) is 5.82 Å². The van der Waals surface area contributed by atoms with Crippen LogP contribution in [-0.4, -0.2) is 47.9 Å². The van der Waals surface area contributed by atoms with Gasteiger partial charge in [0.05, 0.1) is 16.0 Å². The third-order valence-electron chi connectivity index (χ3n) is 3.49. The summed E-state index contributed by atoms with van der Waals surface area (Å²) in [6, 6.07) is 1.60. The third-order valence-corrected chi connectivity index (χ3v) is 3.99. The SMILES string of the molecule is CCN1C[C@@H](C(=O)NCCNc2ncc(Cl)cc2Cl)CC1=O. The highest BCUT2D eigenvalue weighted by molar-refractivity contribution is 6.35. The number of pyridine rings is 1. The number of carbonyl (C=O) groups excluding carboxylic acids is 2. The fourth-order valence-electron chi connectivity index (χ4n) is 2.31. The van der Waals surface area contributed by atoms with E-state index in [1.54, 1.807) is 11.0 Å². The Morgan fingerprint density at radius 2 is 2.23 bits per heavy atom. The molecular formula is C14H18Cl2N4O2. The molecule has 1 atom stereocenters. The van der Waals surface area contributed by atoms with Crippen LogP contribution in [0, 0.1) is 5.92 Å². The van der Waals surface area contributed by atoms with Crippen LogP contribution in [0.2, 0.25) is 10.0 Å². The van der Waals surface area contributed by atoms with Crippen LogP contribution in [0.3, 0.4) is 0 Å². The maximum absolute atomic E-state index is 12.0. The van der Waals surface area contributed by atoms with Crippen molar-refractivity contribution in [3.63, 3.8) is 0 Å². The van der Waals surface area contributed by atoms with Crippen LogP contribution < -0.4 is 10.6 Å². The Balaban J connectivity index is 1.72. The summed E-state index contributed by atoms with van der Waals surface area (Å²) in [5, 5.41) is 6.73. The Morgan fingerprint density at radius 3 is 2.86 bits per heavy atom. The van der Waals surface area contributed by atoms with Gasteiger partial charge in [0.15, 0.2) is 0 Å². The van der Waals surface area contributed by atoms with E-state index in [0.29, 0.717) is 42.0 Å². The number of nitrogens with zero attached hydrogens (tertiary/aromatic N) is 2. The predicted octanol–water partition coefficient (Wildman–Crippen LogP) is 1.78. The van der Waals surface area contributed by atoms with Gasteiger partial charge < -0.3 is 15.5 Å². The standard InChI is InChI=1S/C14H18Cl2N4O2/c1-2-20-8-9(5-12(20)21)14(22)18-4-3-17-13-11(16)6-10(15)7-19-13/h6-7,9H,2-5,8H2,1H3,(H,17,19)(H,18,22)/t9-/m0/s1. The van der Waals surface area contributed by atoms with E-state index >= 15 is 0 Å². The van der Waals surface area contributed by atoms with E-state index in [1.807, 2.05) is 6.92 Å². The van der Waals surface area contributed by atoms with Crippen LogP contribution in [0.1, 0.15) is 13.3 Å². The highest BCUT2D eigenvalue weighted by Crippen LogP contribution is 2.22. The van der Waals surface area contributed by atoms with Crippen LogP contribution in [0.15, 0.2) is 12.3 Å². The number of anilines is 1. The highest BCUT2D eigenvalue weighted by atomic mass is 35.5. The molecule has 22 heavy (non-hydrogen) atoms. The average molecular weight is 345 g/mol. The number of hydrogen-bond donors (Lipinski definition) is 2. The smallest absolute Gasteiger partial charge is 0.225 e. The fourth-order valence-corrected chi connectivity index (χ4v) is 2.76. The molecule has 2 heterocycles. The van der Waals surface area contributed by atoms with Gasteiger partial charge in [-0.05, 0) is 13.0 Å². The number of rotatable bonds is 6. The van der Waals surface area contributed by atoms with E-state index in [4.69, 9.17) is 23.2 Å². The maximum atomic E-state index is 12.0. The predicted molar refractivity (Wildman–Crippen MR) is 86.1 cm³/mol. The number of amides is 2. The first kappa shape index (κ1) is 16.8. The van der Waals surface area contributed by atoms with Crippen LogP contribution >= 0.6 is 23.2 Å². The number of nitrogens with one attached hydrogen (secondary N) is 2. The summed E-state index contributed by atoms with van der Waals surface area (Å²) >= 11 is 11.7. The number of halogens is 2. The van der Waals surface area contributed by atoms with Crippen molar-refractivity contribution in [2.75, 3.05) is 31.5 Å². The van der Waals surface area contributed by atoms with E-state index in [-0.39, 0.29) is 24.2 Å². The molecule has 2 N–H and O–H groups in total. The van der Waals surface area contributed by atoms with Gasteiger partial charge in [0.25, 0.3) is 0 Å². The molecule has 6 nitrogen and oxygen atoms in total. The van der Waals surface area contributed by atoms with Gasteiger partial charge in [0.2, 0.25) is 11.8 Å². The van der Waals surface area contributed by atoms with Gasteiger partial charge >= 0.3 is 0 Å². The minimum atomic E-state index is -0.260. The van der Waals surface area contributed by atoms with Gasteiger partial charge in [-0.25, -0.2) is 4.98 Å². The molecule has 8 heteroatoms. The Kier molecular flexibility index (Phi) is 5.85. The first-order chi connectivity index (χ1) is 10.5. The van der Waals surface area contributed by atoms with Crippen molar-refractivity contribution < 1.29 is 9.59 Å². The van der Waals surface area contributed by atoms with E-state index < -0.39 is 0 Å². The normalized spacial score (nSPS) is 17.7. The van der Waals surface area contributed by atoms with Crippen molar-refractivity contribution in [1.29, 1.82) is 0 Å². The van der Waals surface area contributed by atoms with Crippen LogP contribution in [0.5, 0.6) is 0 Å². The lowest BCUT2D eigenvalue weighted by molar-refractivity contribution is -0.128. The number of likely N-dealkylation sites (tertiary alicyclic amines) is 1. The van der Waals surface area contributed by atoms with Gasteiger partial charge in [-0.1, -0.05) is 23.2 Å². The van der Waals surface area contributed by atoms with E-state index in [0.717, 1.165) is 0 Å². The number of hydrogen-bond acceptors (Lipinski definition) is 4. The second-order valence-corrected chi connectivity index (χ2v) is 5.88. The quantitative estimate of drug-likeness (QED) is 0.771. The first-order valence-electron chi connectivity index (χ1n) is 7.11. The van der Waals surface area contributed by atoms with Crippen LogP contribution in [0.4, 0.5) is 5.82 Å². The Labute approximate surface area is 139 Å². The second-order valence-electron chi connectivity index (χ2n) is 5.04. The molecular weight excluding hydrogens is 327 g/mol. The molecule has 120 valence electrons. The van der Waals surface area contributed by atoms with E-state index in [9.17, 15) is 9.59 Å². The molecule has 0 radical (unpaired) electrons. The molecule has 1 saturated heterocycles. The van der Waals surface area contributed by atoms with Crippen molar-refractivity contribution >= 4 is 40.8 Å². The Morgan fingerprint density at radius 1 is 1.45 bits per heavy atom. The monoisotopic (exact) mass is 344 g/mol. The minimum absolute atomic E-state index is 0.0397. The summed E-state index contributed by atoms with van der Waals surface area (Å²) < 4.78 is 0. The van der Waals surface area contributed by atoms with Crippen molar-refractivity contribution in [2.45, 2.75) is 13.3 Å². The minimum Gasteiger partial charge on any atom is -0.367 e. The lowest BCUT2D eigenvalue weighted by Crippen LogP contribution is -2.35. The first-order valence-corrected chi connectivity index (χ1v) is 7.87. The molecule has 0 aliphatic carbocycles. The molecule has 2 rings (SSSR count). The lowest BCUT2D eigenvalue weighted by atomic mass is 10.1. The van der Waals surface area contributed by atoms with Gasteiger partial charge in [-0.2, -0.15) is 0 Å². The van der Waals surface area contributed by atoms with Gasteiger partial charge in [-0.15, -0.1) is 0 Å². The Bertz CT molecular complexity index is 568. The molecule has 0 bridgehead atoms. The highest BCUT2D eigenvalue weighted by Gasteiger charge is 2.32. The summed E-state index contributed by atoms with van der Waals surface area (Å²) in [5.74, 6) is 0.206. The second kappa shape index (κ2) is 7.65. The van der Waals surface area contributed by atoms with Crippen molar-refractivity contribution in [1.82, 2.24) is 15.2 Å². The molecule has 1 aliphatic heterocycles. The summed E-state index contributed by atoms with van der Waals surface area (Å²) in [6.45, 7) is 3.96. The van der Waals surface area contributed by atoms with Gasteiger partial charge in [0, 0.05) is 38.8 Å². The molecule has 1 aromatic rings. The zero-order valence-electron chi connectivity index (χ0n) is 12.2. The molecule has 1 aliphatic rings. The molecule has 0 spiro atoms. The summed E-state index contributed by atoms with van der Waals surface area (Å²) in [4.78, 5) is 29.4. The van der Waals surface area contributed by atoms with Crippen LogP contribution in [0.25, 0.3) is 0 Å². The summed E-state index contributed by atoms with van der Waals surface area (Å²) in [7, 11) is 0. The number of carbonyl (C=O) groups is 2. The molecule has 0 saturated carbocycles. The van der Waals surface area contributed by atoms with Crippen molar-refractivity contribution in [3.8, 4) is 0 Å². The van der Waals surface area contributed by atoms with Gasteiger partial charge in [-0.3, -0.25) is 9.59 Å². The molecule has 1 aromatic heterocycles. The summed E-state index contributed by atoms with van der Waals surface area (Å²) in [5.41, 5.74) is 0. The zero-order chi connectivity index (χ0) is 16.1. The van der Waals surface area contributed by atoms with Crippen molar-refractivity contribution in [2.24, 2.45) is 5.92 Å². The zero-order valence-corrected chi connectivity index (χ0v) is 13.7. The topological polar surface area (TPSA) is 74.3 Å². The Hall–Kier alpha value is -1.53. The molecule has 0 unspecified atom stereocenters. The van der Waals surface area contributed by atoms with E-state index in [1.165, 1.54) is 6.20 Å². The van der Waals surface area contributed by atoms with Crippen molar-refractivity contribution in [3.05, 3.63) is 22.3 Å². The summed E-state index contributed by atoms with van der Waals surface area (Å²) in [6.07, 6.45) is 1.79. The average Bonchev–Trinajstić information content (AvgIpc) is 2.86. The van der Waals surface area contributed by atoms with Crippen LogP contribution in [-0.2, 0) is 9.59 Å². The lowest BCUT2D eigenvalue weighted by Gasteiger charge is -2.14. The molecule has 2 amide bonds. The van der Waals surface area contributed by atoms with E-state index in [2.05, 4.69) is 15.6 Å². The maximum Gasteiger partial charge on any atom is 0.225 e. The largest absolute Gasteiger partial charge is 0.367 e. The third kappa shape index (κ3) is 4.24. The molecule has 0 aromatic carbocycles.